The number of fused-ring (bicyclic) bond motifs is 8. The molecule has 0 aliphatic carbocycles. The van der Waals surface area contributed by atoms with E-state index in [4.69, 9.17) is 8.83 Å². The lowest BCUT2D eigenvalue weighted by Gasteiger charge is -2.21. The molecular formula is C64H54O2. The number of hydrogen-bond donors (Lipinski definition) is 0. The van der Waals surface area contributed by atoms with Crippen molar-refractivity contribution < 1.29 is 8.83 Å². The summed E-state index contributed by atoms with van der Waals surface area (Å²) < 4.78 is 14.2. The van der Waals surface area contributed by atoms with Gasteiger partial charge in [-0.15, -0.1) is 0 Å². The normalized spacial score (nSPS) is 12.7. The topological polar surface area (TPSA) is 26.3 Å². The Hall–Kier alpha value is -7.16. The summed E-state index contributed by atoms with van der Waals surface area (Å²) in [5.41, 5.74) is 21.1. The molecule has 10 aromatic carbocycles. The molecule has 2 aromatic heterocycles. The zero-order valence-electron chi connectivity index (χ0n) is 39.7. The van der Waals surface area contributed by atoms with Crippen molar-refractivity contribution in [3.8, 4) is 44.5 Å². The average molecular weight is 855 g/mol. The van der Waals surface area contributed by atoms with Crippen LogP contribution in [-0.2, 0) is 10.8 Å². The van der Waals surface area contributed by atoms with Crippen LogP contribution in [-0.4, -0.2) is 0 Å². The van der Waals surface area contributed by atoms with Gasteiger partial charge in [0.25, 0.3) is 0 Å². The van der Waals surface area contributed by atoms with Crippen LogP contribution < -0.4 is 0 Å². The summed E-state index contributed by atoms with van der Waals surface area (Å²) >= 11 is 0. The quantitative estimate of drug-likeness (QED) is 0.165. The molecule has 12 rings (SSSR count). The molecule has 0 N–H and O–H groups in total. The molecule has 0 aliphatic rings. The molecule has 12 aromatic rings. The molecule has 0 aliphatic heterocycles. The molecule has 2 heteroatoms. The Morgan fingerprint density at radius 2 is 0.667 bits per heavy atom. The SMILES string of the molecule is Cc1cccc(C)c1-c1cc2c3oc4ccc(-c5ccc(C(C)(C)C)cc5)cc4c3cc3c(-c4c(C)cccc4C)cc4c5oc6ccc(-c7ccc(C(C)(C)C)cc7)cc6c5cc1c4c32. The van der Waals surface area contributed by atoms with Gasteiger partial charge in [0.1, 0.15) is 22.3 Å². The molecule has 0 amide bonds. The lowest BCUT2D eigenvalue weighted by atomic mass is 9.81. The van der Waals surface area contributed by atoms with Gasteiger partial charge in [-0.2, -0.15) is 0 Å². The molecule has 2 nitrogen and oxygen atoms in total. The molecule has 0 atom stereocenters. The molecule has 0 radical (unpaired) electrons. The van der Waals surface area contributed by atoms with Gasteiger partial charge in [0, 0.05) is 43.1 Å². The van der Waals surface area contributed by atoms with Crippen LogP contribution >= 0.6 is 0 Å². The minimum atomic E-state index is 0.0885. The first-order valence-electron chi connectivity index (χ1n) is 23.5. The standard InChI is InChI=1S/C64H54O2/c1-35-13-11-14-36(2)57(35)47-33-53-60-50(32-52-46-30-42(22-28-56(46)65-61(52)53)40-19-25-44(26-20-40)64(8,9)10)48(58-37(3)15-12-16-38(58)4)34-54-59(60)49(47)31-51-45-29-41(21-27-55(45)66-62(51)54)39-17-23-43(24-18-39)63(5,6)7/h11-34H,1-10H3. The van der Waals surface area contributed by atoms with Crippen molar-refractivity contribution in [3.05, 3.63) is 179 Å². The van der Waals surface area contributed by atoms with Crippen molar-refractivity contribution in [2.24, 2.45) is 0 Å². The van der Waals surface area contributed by atoms with Crippen molar-refractivity contribution >= 4 is 76.2 Å². The molecule has 0 spiro atoms. The van der Waals surface area contributed by atoms with E-state index in [-0.39, 0.29) is 10.8 Å². The Morgan fingerprint density at radius 3 is 1.02 bits per heavy atom. The van der Waals surface area contributed by atoms with E-state index < -0.39 is 0 Å². The summed E-state index contributed by atoms with van der Waals surface area (Å²) in [6, 6.07) is 54.6. The second kappa shape index (κ2) is 14.2. The lowest BCUT2D eigenvalue weighted by molar-refractivity contribution is 0.590. The number of benzene rings is 10. The zero-order chi connectivity index (χ0) is 45.6. The summed E-state index contributed by atoms with van der Waals surface area (Å²) in [6.07, 6.45) is 0. The van der Waals surface area contributed by atoms with E-state index in [2.05, 4.69) is 215 Å². The molecule has 322 valence electrons. The van der Waals surface area contributed by atoms with E-state index in [1.807, 2.05) is 0 Å². The van der Waals surface area contributed by atoms with Gasteiger partial charge in [-0.1, -0.05) is 139 Å². The van der Waals surface area contributed by atoms with Gasteiger partial charge >= 0.3 is 0 Å². The van der Waals surface area contributed by atoms with Gasteiger partial charge in [0.2, 0.25) is 0 Å². The first-order valence-corrected chi connectivity index (χ1v) is 23.5. The van der Waals surface area contributed by atoms with E-state index in [0.717, 1.165) is 54.6 Å². The third-order valence-corrected chi connectivity index (χ3v) is 14.7. The van der Waals surface area contributed by atoms with Crippen LogP contribution in [0, 0.1) is 27.7 Å². The van der Waals surface area contributed by atoms with Crippen LogP contribution in [0.4, 0.5) is 0 Å². The fourth-order valence-electron chi connectivity index (χ4n) is 11.1. The van der Waals surface area contributed by atoms with E-state index in [1.165, 1.54) is 99.4 Å². The van der Waals surface area contributed by atoms with Crippen LogP contribution in [0.15, 0.2) is 154 Å². The highest BCUT2D eigenvalue weighted by Gasteiger charge is 2.27. The molecule has 0 bridgehead atoms. The summed E-state index contributed by atoms with van der Waals surface area (Å²) in [5, 5.41) is 11.6. The van der Waals surface area contributed by atoms with Crippen molar-refractivity contribution in [2.75, 3.05) is 0 Å². The van der Waals surface area contributed by atoms with Crippen LogP contribution in [0.2, 0.25) is 0 Å². The van der Waals surface area contributed by atoms with Gasteiger partial charge in [-0.3, -0.25) is 0 Å². The first kappa shape index (κ1) is 40.4. The number of rotatable bonds is 4. The fraction of sp³-hybridized carbons (Fsp3) is 0.188. The van der Waals surface area contributed by atoms with Crippen LogP contribution in [0.3, 0.4) is 0 Å². The minimum Gasteiger partial charge on any atom is -0.455 e. The highest BCUT2D eigenvalue weighted by Crippen LogP contribution is 2.52. The maximum atomic E-state index is 7.10. The zero-order valence-corrected chi connectivity index (χ0v) is 39.7. The monoisotopic (exact) mass is 854 g/mol. The Balaban J connectivity index is 1.22. The molecular weight excluding hydrogens is 801 g/mol. The summed E-state index contributed by atoms with van der Waals surface area (Å²) in [4.78, 5) is 0. The van der Waals surface area contributed by atoms with Crippen LogP contribution in [0.5, 0.6) is 0 Å². The first-order chi connectivity index (χ1) is 31.6. The van der Waals surface area contributed by atoms with Crippen molar-refractivity contribution in [1.29, 1.82) is 0 Å². The molecule has 0 unspecified atom stereocenters. The van der Waals surface area contributed by atoms with E-state index >= 15 is 0 Å². The van der Waals surface area contributed by atoms with Crippen molar-refractivity contribution in [1.82, 2.24) is 0 Å². The lowest BCUT2D eigenvalue weighted by Crippen LogP contribution is -2.10. The van der Waals surface area contributed by atoms with Gasteiger partial charge in [-0.25, -0.2) is 0 Å². The van der Waals surface area contributed by atoms with Crippen molar-refractivity contribution in [3.63, 3.8) is 0 Å². The molecule has 2 heterocycles. The Kier molecular flexibility index (Phi) is 8.66. The predicted molar refractivity (Wildman–Crippen MR) is 283 cm³/mol. The van der Waals surface area contributed by atoms with E-state index in [0.29, 0.717) is 0 Å². The Labute approximate surface area is 386 Å². The second-order valence-electron chi connectivity index (χ2n) is 21.1. The summed E-state index contributed by atoms with van der Waals surface area (Å²) in [6.45, 7) is 22.6. The molecule has 0 saturated heterocycles. The van der Waals surface area contributed by atoms with Gasteiger partial charge in [0.15, 0.2) is 0 Å². The van der Waals surface area contributed by atoms with Crippen LogP contribution in [0.1, 0.15) is 74.9 Å². The Bertz CT molecular complexity index is 3650. The highest BCUT2D eigenvalue weighted by atomic mass is 16.3. The van der Waals surface area contributed by atoms with Gasteiger partial charge < -0.3 is 8.83 Å². The van der Waals surface area contributed by atoms with Crippen molar-refractivity contribution in [2.45, 2.75) is 80.1 Å². The number of aryl methyl sites for hydroxylation is 4. The van der Waals surface area contributed by atoms with Gasteiger partial charge in [-0.05, 0) is 176 Å². The summed E-state index contributed by atoms with van der Waals surface area (Å²) in [5.74, 6) is 0. The predicted octanol–water partition coefficient (Wildman–Crippen LogP) is 18.9. The molecule has 66 heavy (non-hydrogen) atoms. The van der Waals surface area contributed by atoms with Gasteiger partial charge in [0.05, 0.1) is 0 Å². The molecule has 0 saturated carbocycles. The number of furan rings is 2. The third-order valence-electron chi connectivity index (χ3n) is 14.7. The third kappa shape index (κ3) is 6.07. The summed E-state index contributed by atoms with van der Waals surface area (Å²) in [7, 11) is 0. The maximum absolute atomic E-state index is 7.10. The maximum Gasteiger partial charge on any atom is 0.143 e. The Morgan fingerprint density at radius 1 is 0.318 bits per heavy atom. The largest absolute Gasteiger partial charge is 0.455 e. The smallest absolute Gasteiger partial charge is 0.143 e. The van der Waals surface area contributed by atoms with E-state index in [1.54, 1.807) is 0 Å². The second-order valence-corrected chi connectivity index (χ2v) is 21.1. The average Bonchev–Trinajstić information content (AvgIpc) is 3.85. The van der Waals surface area contributed by atoms with Crippen LogP contribution in [0.25, 0.3) is 121 Å². The molecule has 0 fully saturated rings. The number of hydrogen-bond acceptors (Lipinski definition) is 2. The minimum absolute atomic E-state index is 0.0885. The fourth-order valence-corrected chi connectivity index (χ4v) is 11.1. The van der Waals surface area contributed by atoms with E-state index in [9.17, 15) is 0 Å². The highest BCUT2D eigenvalue weighted by molar-refractivity contribution is 6.38.